The Morgan fingerprint density at radius 2 is 1.80 bits per heavy atom. The van der Waals surface area contributed by atoms with Crippen molar-refractivity contribution >= 4 is 10.0 Å². The second-order valence-corrected chi connectivity index (χ2v) is 7.22. The maximum Gasteiger partial charge on any atom is 0.214 e. The molecule has 120 valence electrons. The van der Waals surface area contributed by atoms with E-state index in [1.54, 1.807) is 14.2 Å². The Labute approximate surface area is 122 Å². The second kappa shape index (κ2) is 9.68. The number of ether oxygens (including phenoxy) is 2. The molecule has 1 saturated carbocycles. The molecule has 1 aliphatic rings. The molecule has 0 atom stereocenters. The molecule has 0 heterocycles. The summed E-state index contributed by atoms with van der Waals surface area (Å²) in [7, 11) is 0.0106. The van der Waals surface area contributed by atoms with E-state index < -0.39 is 10.0 Å². The summed E-state index contributed by atoms with van der Waals surface area (Å²) in [6.07, 6.45) is 3.82. The van der Waals surface area contributed by atoms with E-state index in [-0.39, 0.29) is 5.75 Å². The van der Waals surface area contributed by atoms with Crippen molar-refractivity contribution in [3.05, 3.63) is 0 Å². The molecule has 1 N–H and O–H groups in total. The molecule has 1 aliphatic carbocycles. The van der Waals surface area contributed by atoms with Crippen molar-refractivity contribution in [3.63, 3.8) is 0 Å². The van der Waals surface area contributed by atoms with Gasteiger partial charge in [0.15, 0.2) is 0 Å². The molecule has 0 spiro atoms. The third kappa shape index (κ3) is 7.54. The zero-order chi connectivity index (χ0) is 14.8. The molecule has 0 saturated heterocycles. The summed E-state index contributed by atoms with van der Waals surface area (Å²) in [6, 6.07) is 0.629. The summed E-state index contributed by atoms with van der Waals surface area (Å²) in [5.41, 5.74) is 0. The van der Waals surface area contributed by atoms with Gasteiger partial charge < -0.3 is 14.8 Å². The van der Waals surface area contributed by atoms with Crippen molar-refractivity contribution in [3.8, 4) is 0 Å². The lowest BCUT2D eigenvalue weighted by Crippen LogP contribution is -2.37. The lowest BCUT2D eigenvalue weighted by molar-refractivity contribution is 0.164. The fourth-order valence-electron chi connectivity index (χ4n) is 1.95. The molecule has 0 bridgehead atoms. The number of hydrogen-bond acceptors (Lipinski definition) is 5. The standard InChI is InChI=1S/C13H28N2O4S/c1-18-10-4-8-15(9-11-19-2)20(16,17)12-3-7-14-13-5-6-13/h13-14H,3-12H2,1-2H3. The van der Waals surface area contributed by atoms with Gasteiger partial charge in [-0.25, -0.2) is 8.42 Å². The molecule has 7 heteroatoms. The SMILES string of the molecule is COCCCN(CCOC)S(=O)(=O)CCCNC1CC1. The molecule has 0 aromatic carbocycles. The number of methoxy groups -OCH3 is 2. The number of nitrogens with one attached hydrogen (secondary N) is 1. The van der Waals surface area contributed by atoms with Gasteiger partial charge in [-0.15, -0.1) is 0 Å². The van der Waals surface area contributed by atoms with Gasteiger partial charge in [0, 0.05) is 40.0 Å². The van der Waals surface area contributed by atoms with Gasteiger partial charge in [-0.05, 0) is 32.2 Å². The predicted octanol–water partition coefficient (Wildman–Crippen LogP) is 0.443. The largest absolute Gasteiger partial charge is 0.385 e. The minimum absolute atomic E-state index is 0.198. The Bertz CT molecular complexity index is 344. The zero-order valence-electron chi connectivity index (χ0n) is 12.6. The molecule has 0 aromatic rings. The maximum atomic E-state index is 12.3. The maximum absolute atomic E-state index is 12.3. The highest BCUT2D eigenvalue weighted by Crippen LogP contribution is 2.18. The van der Waals surface area contributed by atoms with Crippen molar-refractivity contribution in [1.82, 2.24) is 9.62 Å². The van der Waals surface area contributed by atoms with E-state index in [9.17, 15) is 8.42 Å². The summed E-state index contributed by atoms with van der Waals surface area (Å²) >= 11 is 0. The smallest absolute Gasteiger partial charge is 0.214 e. The Kier molecular flexibility index (Phi) is 8.63. The number of nitrogens with zero attached hydrogens (tertiary/aromatic N) is 1. The van der Waals surface area contributed by atoms with Crippen molar-refractivity contribution < 1.29 is 17.9 Å². The van der Waals surface area contributed by atoms with Gasteiger partial charge in [0.2, 0.25) is 10.0 Å². The van der Waals surface area contributed by atoms with Crippen LogP contribution in [0.4, 0.5) is 0 Å². The molecule has 0 radical (unpaired) electrons. The average molecular weight is 308 g/mol. The highest BCUT2D eigenvalue weighted by atomic mass is 32.2. The highest BCUT2D eigenvalue weighted by molar-refractivity contribution is 7.89. The lowest BCUT2D eigenvalue weighted by Gasteiger charge is -2.21. The Morgan fingerprint density at radius 1 is 1.10 bits per heavy atom. The molecule has 20 heavy (non-hydrogen) atoms. The quantitative estimate of drug-likeness (QED) is 0.500. The second-order valence-electron chi connectivity index (χ2n) is 5.14. The summed E-state index contributed by atoms with van der Waals surface area (Å²) in [5.74, 6) is 0.198. The first kappa shape index (κ1) is 17.8. The van der Waals surface area contributed by atoms with Crippen LogP contribution in [-0.2, 0) is 19.5 Å². The van der Waals surface area contributed by atoms with Crippen LogP contribution in [0, 0.1) is 0 Å². The van der Waals surface area contributed by atoms with E-state index in [4.69, 9.17) is 9.47 Å². The fraction of sp³-hybridized carbons (Fsp3) is 1.00. The van der Waals surface area contributed by atoms with Gasteiger partial charge in [0.05, 0.1) is 12.4 Å². The van der Waals surface area contributed by atoms with Crippen molar-refractivity contribution in [1.29, 1.82) is 0 Å². The Morgan fingerprint density at radius 3 is 2.40 bits per heavy atom. The molecule has 6 nitrogen and oxygen atoms in total. The van der Waals surface area contributed by atoms with E-state index in [0.717, 1.165) is 6.54 Å². The third-order valence-corrected chi connectivity index (χ3v) is 5.24. The van der Waals surface area contributed by atoms with Crippen molar-refractivity contribution in [2.45, 2.75) is 31.7 Å². The van der Waals surface area contributed by atoms with Crippen LogP contribution in [0.15, 0.2) is 0 Å². The predicted molar refractivity (Wildman–Crippen MR) is 79.4 cm³/mol. The highest BCUT2D eigenvalue weighted by Gasteiger charge is 2.23. The van der Waals surface area contributed by atoms with Gasteiger partial charge >= 0.3 is 0 Å². The van der Waals surface area contributed by atoms with E-state index in [1.165, 1.54) is 17.1 Å². The van der Waals surface area contributed by atoms with Gasteiger partial charge in [0.1, 0.15) is 0 Å². The molecule has 0 aromatic heterocycles. The van der Waals surface area contributed by atoms with Crippen LogP contribution in [-0.4, -0.2) is 71.6 Å². The normalized spacial score (nSPS) is 15.9. The van der Waals surface area contributed by atoms with E-state index >= 15 is 0 Å². The van der Waals surface area contributed by atoms with E-state index in [2.05, 4.69) is 5.32 Å². The number of sulfonamides is 1. The van der Waals surface area contributed by atoms with Crippen LogP contribution >= 0.6 is 0 Å². The van der Waals surface area contributed by atoms with Gasteiger partial charge in [-0.1, -0.05) is 0 Å². The average Bonchev–Trinajstić information content (AvgIpc) is 3.23. The van der Waals surface area contributed by atoms with E-state index in [1.807, 2.05) is 0 Å². The molecule has 1 fully saturated rings. The van der Waals surface area contributed by atoms with Crippen molar-refractivity contribution in [2.24, 2.45) is 0 Å². The Hall–Kier alpha value is -0.210. The Balaban J connectivity index is 2.33. The molecular formula is C13H28N2O4S. The van der Waals surface area contributed by atoms with Crippen LogP contribution in [0.1, 0.15) is 25.7 Å². The summed E-state index contributed by atoms with van der Waals surface area (Å²) in [5, 5.41) is 3.34. The zero-order valence-corrected chi connectivity index (χ0v) is 13.5. The van der Waals surface area contributed by atoms with Crippen LogP contribution in [0.25, 0.3) is 0 Å². The molecule has 1 rings (SSSR count). The first-order valence-corrected chi connectivity index (χ1v) is 8.90. The van der Waals surface area contributed by atoms with Crippen LogP contribution in [0.3, 0.4) is 0 Å². The third-order valence-electron chi connectivity index (χ3n) is 3.28. The summed E-state index contributed by atoms with van der Waals surface area (Å²) in [6.45, 7) is 2.68. The van der Waals surface area contributed by atoms with Gasteiger partial charge in [-0.3, -0.25) is 0 Å². The fourth-order valence-corrected chi connectivity index (χ4v) is 3.47. The van der Waals surface area contributed by atoms with Crippen LogP contribution in [0.5, 0.6) is 0 Å². The van der Waals surface area contributed by atoms with Crippen molar-refractivity contribution in [2.75, 3.05) is 52.8 Å². The minimum Gasteiger partial charge on any atom is -0.385 e. The molecule has 0 aliphatic heterocycles. The molecular weight excluding hydrogens is 280 g/mol. The van der Waals surface area contributed by atoms with Gasteiger partial charge in [0.25, 0.3) is 0 Å². The number of rotatable bonds is 13. The first-order valence-electron chi connectivity index (χ1n) is 7.29. The van der Waals surface area contributed by atoms with E-state index in [0.29, 0.717) is 45.2 Å². The molecule has 0 amide bonds. The topological polar surface area (TPSA) is 67.9 Å². The lowest BCUT2D eigenvalue weighted by atomic mass is 10.4. The molecule has 0 unspecified atom stereocenters. The van der Waals surface area contributed by atoms with Gasteiger partial charge in [-0.2, -0.15) is 4.31 Å². The van der Waals surface area contributed by atoms with Crippen LogP contribution < -0.4 is 5.32 Å². The minimum atomic E-state index is -3.19. The number of hydrogen-bond donors (Lipinski definition) is 1. The monoisotopic (exact) mass is 308 g/mol. The first-order chi connectivity index (χ1) is 9.60. The summed E-state index contributed by atoms with van der Waals surface area (Å²) in [4.78, 5) is 0. The van der Waals surface area contributed by atoms with Crippen LogP contribution in [0.2, 0.25) is 0 Å². The summed E-state index contributed by atoms with van der Waals surface area (Å²) < 4.78 is 36.1.